The normalized spacial score (nSPS) is 13.8. The van der Waals surface area contributed by atoms with E-state index in [1.165, 1.54) is 25.4 Å². The Morgan fingerprint density at radius 2 is 2.26 bits per heavy atom. The number of aromatic nitrogens is 1. The van der Waals surface area contributed by atoms with Crippen LogP contribution in [0.1, 0.15) is 24.5 Å². The number of nitrogens with zero attached hydrogens (tertiary/aromatic N) is 1. The van der Waals surface area contributed by atoms with Gasteiger partial charge in [0.2, 0.25) is 5.91 Å². The topological polar surface area (TPSA) is 88.5 Å². The number of thiazole rings is 1. The van der Waals surface area contributed by atoms with Gasteiger partial charge in [-0.2, -0.15) is 0 Å². The quantitative estimate of drug-likeness (QED) is 0.776. The second-order valence-electron chi connectivity index (χ2n) is 4.38. The average Bonchev–Trinajstić information content (AvgIpc) is 2.76. The number of carbonyl (C=O) groups is 2. The lowest BCUT2D eigenvalue weighted by molar-refractivity contribution is -0.149. The minimum absolute atomic E-state index is 0.0725. The summed E-state index contributed by atoms with van der Waals surface area (Å²) in [6.07, 6.45) is 0.895. The zero-order chi connectivity index (χ0) is 14.5. The first-order valence-corrected chi connectivity index (χ1v) is 6.76. The molecule has 1 amide bonds. The Kier molecular flexibility index (Phi) is 5.44. The van der Waals surface area contributed by atoms with Gasteiger partial charge < -0.3 is 15.2 Å². The molecule has 7 heteroatoms. The summed E-state index contributed by atoms with van der Waals surface area (Å²) in [4.78, 5) is 27.2. The number of aryl methyl sites for hydroxylation is 1. The zero-order valence-corrected chi connectivity index (χ0v) is 12.0. The monoisotopic (exact) mass is 286 g/mol. The number of hydrogen-bond donors (Lipinski definition) is 2. The third-order valence-electron chi connectivity index (χ3n) is 2.56. The van der Waals surface area contributed by atoms with Gasteiger partial charge >= 0.3 is 5.97 Å². The van der Waals surface area contributed by atoms with E-state index in [0.29, 0.717) is 5.69 Å². The Hall–Kier alpha value is -1.47. The van der Waals surface area contributed by atoms with E-state index in [-0.39, 0.29) is 18.9 Å². The lowest BCUT2D eigenvalue weighted by atomic mass is 10.0. The summed E-state index contributed by atoms with van der Waals surface area (Å²) in [5.41, 5.74) is -0.764. The molecule has 0 aliphatic rings. The van der Waals surface area contributed by atoms with Crippen molar-refractivity contribution >= 4 is 23.2 Å². The van der Waals surface area contributed by atoms with Crippen LogP contribution in [0, 0.1) is 0 Å². The highest BCUT2D eigenvalue weighted by Crippen LogP contribution is 2.11. The van der Waals surface area contributed by atoms with Crippen molar-refractivity contribution in [1.29, 1.82) is 0 Å². The molecule has 2 N–H and O–H groups in total. The Morgan fingerprint density at radius 1 is 1.58 bits per heavy atom. The molecular formula is C12H18N2O4S. The molecule has 1 heterocycles. The van der Waals surface area contributed by atoms with Gasteiger partial charge in [-0.1, -0.05) is 6.92 Å². The van der Waals surface area contributed by atoms with Crippen LogP contribution in [0.3, 0.4) is 0 Å². The van der Waals surface area contributed by atoms with Crippen LogP contribution in [0.2, 0.25) is 0 Å². The number of carboxylic acids is 1. The highest BCUT2D eigenvalue weighted by atomic mass is 32.1. The largest absolute Gasteiger partial charge is 0.479 e. The molecule has 6 nitrogen and oxygen atoms in total. The van der Waals surface area contributed by atoms with Crippen molar-refractivity contribution in [2.75, 3.05) is 13.7 Å². The van der Waals surface area contributed by atoms with Crippen LogP contribution >= 0.6 is 11.3 Å². The number of carboxylic acid groups (broad SMARTS) is 1. The van der Waals surface area contributed by atoms with Gasteiger partial charge in [0.15, 0.2) is 5.54 Å². The van der Waals surface area contributed by atoms with Gasteiger partial charge in [-0.05, 0) is 13.3 Å². The average molecular weight is 286 g/mol. The van der Waals surface area contributed by atoms with Gasteiger partial charge in [-0.3, -0.25) is 4.79 Å². The molecule has 0 fully saturated rings. The second kappa shape index (κ2) is 6.63. The van der Waals surface area contributed by atoms with Gasteiger partial charge in [-0.25, -0.2) is 9.78 Å². The van der Waals surface area contributed by atoms with E-state index in [1.54, 1.807) is 0 Å². The molecule has 0 aromatic carbocycles. The number of ether oxygens (including phenoxy) is 1. The van der Waals surface area contributed by atoms with Gasteiger partial charge in [0, 0.05) is 12.5 Å². The maximum atomic E-state index is 11.8. The van der Waals surface area contributed by atoms with Crippen molar-refractivity contribution in [1.82, 2.24) is 10.3 Å². The molecule has 0 spiro atoms. The smallest absolute Gasteiger partial charge is 0.331 e. The summed E-state index contributed by atoms with van der Waals surface area (Å²) in [5, 5.41) is 14.4. The maximum absolute atomic E-state index is 11.8. The molecule has 1 rings (SSSR count). The van der Waals surface area contributed by atoms with Crippen LogP contribution in [-0.4, -0.2) is 41.2 Å². The number of nitrogens with one attached hydrogen (secondary N) is 1. The standard InChI is InChI=1S/C12H18N2O4S/c1-4-10-13-8(6-19-10)5-9(15)14-12(2,7-18-3)11(16)17/h6H,4-5,7H2,1-3H3,(H,14,15)(H,16,17). The fourth-order valence-corrected chi connectivity index (χ4v) is 2.29. The molecule has 0 radical (unpaired) electrons. The van der Waals surface area contributed by atoms with E-state index in [0.717, 1.165) is 11.4 Å². The second-order valence-corrected chi connectivity index (χ2v) is 5.32. The SMILES string of the molecule is CCc1nc(CC(=O)NC(C)(COC)C(=O)O)cs1. The molecule has 106 valence electrons. The number of carbonyl (C=O) groups excluding carboxylic acids is 1. The van der Waals surface area contributed by atoms with Crippen LogP contribution < -0.4 is 5.32 Å². The van der Waals surface area contributed by atoms with Crippen molar-refractivity contribution in [2.45, 2.75) is 32.2 Å². The zero-order valence-electron chi connectivity index (χ0n) is 11.2. The number of aliphatic carboxylic acids is 1. The first kappa shape index (κ1) is 15.6. The maximum Gasteiger partial charge on any atom is 0.331 e. The molecule has 19 heavy (non-hydrogen) atoms. The number of rotatable bonds is 7. The van der Waals surface area contributed by atoms with E-state index in [4.69, 9.17) is 9.84 Å². The van der Waals surface area contributed by atoms with E-state index >= 15 is 0 Å². The Bertz CT molecular complexity index is 460. The van der Waals surface area contributed by atoms with Gasteiger partial charge in [0.1, 0.15) is 0 Å². The minimum atomic E-state index is -1.42. The van der Waals surface area contributed by atoms with Crippen LogP contribution in [0.4, 0.5) is 0 Å². The molecular weight excluding hydrogens is 268 g/mol. The van der Waals surface area contributed by atoms with E-state index in [2.05, 4.69) is 10.3 Å². The molecule has 1 aromatic heterocycles. The predicted molar refractivity (Wildman–Crippen MR) is 71.3 cm³/mol. The van der Waals surface area contributed by atoms with E-state index in [1.807, 2.05) is 12.3 Å². The highest BCUT2D eigenvalue weighted by molar-refractivity contribution is 7.09. The number of amides is 1. The third kappa shape index (κ3) is 4.29. The van der Waals surface area contributed by atoms with Gasteiger partial charge in [0.05, 0.1) is 23.7 Å². The van der Waals surface area contributed by atoms with Crippen molar-refractivity contribution in [3.05, 3.63) is 16.1 Å². The van der Waals surface area contributed by atoms with Crippen molar-refractivity contribution in [2.24, 2.45) is 0 Å². The van der Waals surface area contributed by atoms with Crippen LogP contribution in [0.5, 0.6) is 0 Å². The molecule has 0 aliphatic carbocycles. The fraction of sp³-hybridized carbons (Fsp3) is 0.583. The molecule has 0 saturated carbocycles. The molecule has 0 bridgehead atoms. The van der Waals surface area contributed by atoms with Gasteiger partial charge in [-0.15, -0.1) is 11.3 Å². The number of hydrogen-bond acceptors (Lipinski definition) is 5. The summed E-state index contributed by atoms with van der Waals surface area (Å²) in [6, 6.07) is 0. The fourth-order valence-electron chi connectivity index (χ4n) is 1.55. The van der Waals surface area contributed by atoms with Crippen molar-refractivity contribution < 1.29 is 19.4 Å². The van der Waals surface area contributed by atoms with Crippen molar-refractivity contribution in [3.63, 3.8) is 0 Å². The molecule has 1 unspecified atom stereocenters. The van der Waals surface area contributed by atoms with Crippen LogP contribution in [-0.2, 0) is 27.2 Å². The first-order valence-electron chi connectivity index (χ1n) is 5.88. The third-order valence-corrected chi connectivity index (χ3v) is 3.61. The predicted octanol–water partition coefficient (Wildman–Crippen LogP) is 0.854. The minimum Gasteiger partial charge on any atom is -0.479 e. The summed E-state index contributed by atoms with van der Waals surface area (Å²) in [5.74, 6) is -1.51. The molecule has 0 aliphatic heterocycles. The summed E-state index contributed by atoms with van der Waals surface area (Å²) < 4.78 is 4.83. The molecule has 1 atom stereocenters. The van der Waals surface area contributed by atoms with E-state index < -0.39 is 11.5 Å². The van der Waals surface area contributed by atoms with Crippen LogP contribution in [0.25, 0.3) is 0 Å². The Balaban J connectivity index is 2.65. The lowest BCUT2D eigenvalue weighted by Gasteiger charge is -2.25. The Morgan fingerprint density at radius 3 is 2.74 bits per heavy atom. The summed E-state index contributed by atoms with van der Waals surface area (Å²) >= 11 is 1.49. The van der Waals surface area contributed by atoms with Gasteiger partial charge in [0.25, 0.3) is 0 Å². The van der Waals surface area contributed by atoms with Crippen LogP contribution in [0.15, 0.2) is 5.38 Å². The lowest BCUT2D eigenvalue weighted by Crippen LogP contribution is -2.55. The molecule has 0 saturated heterocycles. The van der Waals surface area contributed by atoms with E-state index in [9.17, 15) is 9.59 Å². The van der Waals surface area contributed by atoms with Crippen molar-refractivity contribution in [3.8, 4) is 0 Å². The molecule has 1 aromatic rings. The summed E-state index contributed by atoms with van der Waals surface area (Å²) in [6.45, 7) is 3.31. The highest BCUT2D eigenvalue weighted by Gasteiger charge is 2.34. The summed E-state index contributed by atoms with van der Waals surface area (Å²) in [7, 11) is 1.39. The first-order chi connectivity index (χ1) is 8.91. The number of methoxy groups -OCH3 is 1. The Labute approximate surface area is 115 Å².